The third-order valence-electron chi connectivity index (χ3n) is 3.64. The zero-order chi connectivity index (χ0) is 14.0. The number of hydrogen-bond donors (Lipinski definition) is 2. The number of nitrogens with one attached hydrogen (secondary N) is 1. The monoisotopic (exact) mass is 282 g/mol. The first kappa shape index (κ1) is 14.0. The number of amides is 1. The smallest absolute Gasteiger partial charge is 0.228 e. The van der Waals surface area contributed by atoms with Crippen molar-refractivity contribution in [3.05, 3.63) is 11.8 Å². The fraction of sp³-hybridized carbons (Fsp3) is 0.583. The zero-order valence-electron chi connectivity index (χ0n) is 11.1. The Morgan fingerprint density at radius 1 is 1.68 bits per heavy atom. The summed E-state index contributed by atoms with van der Waals surface area (Å²) in [6.07, 6.45) is 4.83. The van der Waals surface area contributed by atoms with Gasteiger partial charge in [0, 0.05) is 14.2 Å². The van der Waals surface area contributed by atoms with Crippen LogP contribution in [0.3, 0.4) is 0 Å². The van der Waals surface area contributed by atoms with Crippen LogP contribution in [0.5, 0.6) is 0 Å². The molecule has 1 fully saturated rings. The van der Waals surface area contributed by atoms with Gasteiger partial charge in [0.05, 0.1) is 23.8 Å². The number of aromatic nitrogens is 2. The van der Waals surface area contributed by atoms with Gasteiger partial charge in [0.25, 0.3) is 0 Å². The number of carbonyl (C=O) groups excluding carboxylic acids is 1. The second-order valence-corrected chi connectivity index (χ2v) is 5.30. The summed E-state index contributed by atoms with van der Waals surface area (Å²) in [5, 5.41) is 6.86. The maximum Gasteiger partial charge on any atom is 0.228 e. The zero-order valence-corrected chi connectivity index (χ0v) is 11.9. The minimum Gasteiger partial charge on any atom is -0.389 e. The van der Waals surface area contributed by atoms with Gasteiger partial charge in [-0.3, -0.25) is 9.48 Å². The first-order valence-electron chi connectivity index (χ1n) is 6.14. The molecule has 6 nitrogen and oxygen atoms in total. The fourth-order valence-electron chi connectivity index (χ4n) is 2.26. The minimum absolute atomic E-state index is 0.109. The van der Waals surface area contributed by atoms with Crippen LogP contribution in [-0.2, 0) is 16.6 Å². The van der Waals surface area contributed by atoms with E-state index >= 15 is 0 Å². The highest BCUT2D eigenvalue weighted by Gasteiger charge is 2.39. The SMILES string of the molecule is COC1(CC(=O)Nc2c(C(N)=S)cnn2C)CCC1. The largest absolute Gasteiger partial charge is 0.389 e. The Hall–Kier alpha value is -1.47. The lowest BCUT2D eigenvalue weighted by atomic mass is 9.77. The normalized spacial score (nSPS) is 16.7. The summed E-state index contributed by atoms with van der Waals surface area (Å²) in [5.74, 6) is 0.422. The van der Waals surface area contributed by atoms with Crippen LogP contribution in [0.25, 0.3) is 0 Å². The van der Waals surface area contributed by atoms with E-state index in [1.807, 2.05) is 0 Å². The Balaban J connectivity index is 2.07. The average molecular weight is 282 g/mol. The van der Waals surface area contributed by atoms with Gasteiger partial charge in [0.1, 0.15) is 10.8 Å². The van der Waals surface area contributed by atoms with E-state index in [0.29, 0.717) is 17.8 Å². The molecular weight excluding hydrogens is 264 g/mol. The number of thiocarbonyl (C=S) groups is 1. The van der Waals surface area contributed by atoms with Gasteiger partial charge in [0.2, 0.25) is 5.91 Å². The Morgan fingerprint density at radius 2 is 2.37 bits per heavy atom. The van der Waals surface area contributed by atoms with Crippen molar-refractivity contribution in [2.75, 3.05) is 12.4 Å². The topological polar surface area (TPSA) is 82.2 Å². The lowest BCUT2D eigenvalue weighted by molar-refractivity contribution is -0.129. The first-order valence-corrected chi connectivity index (χ1v) is 6.55. The summed E-state index contributed by atoms with van der Waals surface area (Å²) in [6.45, 7) is 0. The van der Waals surface area contributed by atoms with Crippen LogP contribution in [0.15, 0.2) is 6.20 Å². The molecule has 2 rings (SSSR count). The molecule has 0 unspecified atom stereocenters. The quantitative estimate of drug-likeness (QED) is 0.786. The standard InChI is InChI=1S/C12H18N4O2S/c1-16-11(8(7-14-16)10(13)19)15-9(17)6-12(18-2)4-3-5-12/h7H,3-6H2,1-2H3,(H2,13,19)(H,15,17). The lowest BCUT2D eigenvalue weighted by Crippen LogP contribution is -2.42. The van der Waals surface area contributed by atoms with Crippen molar-refractivity contribution in [1.29, 1.82) is 0 Å². The molecule has 0 aromatic carbocycles. The van der Waals surface area contributed by atoms with E-state index in [0.717, 1.165) is 19.3 Å². The highest BCUT2D eigenvalue weighted by molar-refractivity contribution is 7.80. The van der Waals surface area contributed by atoms with E-state index in [-0.39, 0.29) is 16.5 Å². The molecule has 1 saturated carbocycles. The summed E-state index contributed by atoms with van der Waals surface area (Å²) in [6, 6.07) is 0. The van der Waals surface area contributed by atoms with Crippen LogP contribution in [0.2, 0.25) is 0 Å². The molecular formula is C12H18N4O2S. The van der Waals surface area contributed by atoms with Crippen molar-refractivity contribution in [2.45, 2.75) is 31.3 Å². The lowest BCUT2D eigenvalue weighted by Gasteiger charge is -2.39. The van der Waals surface area contributed by atoms with Gasteiger partial charge in [0.15, 0.2) is 0 Å². The van der Waals surface area contributed by atoms with Gasteiger partial charge < -0.3 is 15.8 Å². The molecule has 1 aromatic rings. The summed E-state index contributed by atoms with van der Waals surface area (Å²) in [7, 11) is 3.38. The van der Waals surface area contributed by atoms with Crippen molar-refractivity contribution >= 4 is 28.9 Å². The Labute approximate surface area is 117 Å². The van der Waals surface area contributed by atoms with Crippen molar-refractivity contribution < 1.29 is 9.53 Å². The number of nitrogens with two attached hydrogens (primary N) is 1. The van der Waals surface area contributed by atoms with E-state index in [1.54, 1.807) is 25.0 Å². The molecule has 0 bridgehead atoms. The second kappa shape index (κ2) is 5.26. The van der Waals surface area contributed by atoms with Crippen LogP contribution in [-0.4, -0.2) is 33.4 Å². The van der Waals surface area contributed by atoms with Crippen LogP contribution in [0, 0.1) is 0 Å². The maximum absolute atomic E-state index is 12.1. The third kappa shape index (κ3) is 2.76. The Morgan fingerprint density at radius 3 is 2.84 bits per heavy atom. The number of ether oxygens (including phenoxy) is 1. The number of nitrogens with zero attached hydrogens (tertiary/aromatic N) is 2. The van der Waals surface area contributed by atoms with Crippen molar-refractivity contribution in [2.24, 2.45) is 12.8 Å². The molecule has 1 aliphatic carbocycles. The summed E-state index contributed by atoms with van der Waals surface area (Å²) in [4.78, 5) is 12.3. The molecule has 0 aliphatic heterocycles. The predicted molar refractivity (Wildman–Crippen MR) is 75.9 cm³/mol. The van der Waals surface area contributed by atoms with Gasteiger partial charge in [-0.25, -0.2) is 0 Å². The molecule has 19 heavy (non-hydrogen) atoms. The van der Waals surface area contributed by atoms with E-state index < -0.39 is 0 Å². The van der Waals surface area contributed by atoms with E-state index in [1.165, 1.54) is 0 Å². The molecule has 1 heterocycles. The number of hydrogen-bond acceptors (Lipinski definition) is 4. The second-order valence-electron chi connectivity index (χ2n) is 4.86. The highest BCUT2D eigenvalue weighted by Crippen LogP contribution is 2.38. The van der Waals surface area contributed by atoms with Gasteiger partial charge in [-0.1, -0.05) is 12.2 Å². The molecule has 104 valence electrons. The highest BCUT2D eigenvalue weighted by atomic mass is 32.1. The number of anilines is 1. The fourth-order valence-corrected chi connectivity index (χ4v) is 2.41. The maximum atomic E-state index is 12.1. The Bertz CT molecular complexity index is 502. The molecule has 0 spiro atoms. The van der Waals surface area contributed by atoms with Crippen LogP contribution in [0.1, 0.15) is 31.2 Å². The summed E-state index contributed by atoms with van der Waals surface area (Å²) >= 11 is 4.93. The summed E-state index contributed by atoms with van der Waals surface area (Å²) in [5.41, 5.74) is 5.87. The van der Waals surface area contributed by atoms with Gasteiger partial charge in [-0.05, 0) is 19.3 Å². The van der Waals surface area contributed by atoms with Gasteiger partial charge in [-0.15, -0.1) is 0 Å². The van der Waals surface area contributed by atoms with Crippen LogP contribution < -0.4 is 11.1 Å². The van der Waals surface area contributed by atoms with E-state index in [2.05, 4.69) is 10.4 Å². The minimum atomic E-state index is -0.300. The van der Waals surface area contributed by atoms with Crippen molar-refractivity contribution in [3.8, 4) is 0 Å². The molecule has 1 amide bonds. The molecule has 3 N–H and O–H groups in total. The molecule has 1 aliphatic rings. The first-order chi connectivity index (χ1) is 8.97. The Kier molecular flexibility index (Phi) is 3.86. The van der Waals surface area contributed by atoms with E-state index in [9.17, 15) is 4.79 Å². The molecule has 1 aromatic heterocycles. The third-order valence-corrected chi connectivity index (χ3v) is 3.86. The van der Waals surface area contributed by atoms with Gasteiger partial charge in [-0.2, -0.15) is 5.10 Å². The number of carbonyl (C=O) groups is 1. The van der Waals surface area contributed by atoms with E-state index in [4.69, 9.17) is 22.7 Å². The molecule has 0 saturated heterocycles. The summed E-state index contributed by atoms with van der Waals surface area (Å²) < 4.78 is 6.99. The number of rotatable bonds is 5. The predicted octanol–water partition coefficient (Wildman–Crippen LogP) is 0.952. The number of methoxy groups -OCH3 is 1. The van der Waals surface area contributed by atoms with Gasteiger partial charge >= 0.3 is 0 Å². The molecule has 7 heteroatoms. The molecule has 0 atom stereocenters. The molecule has 0 radical (unpaired) electrons. The van der Waals surface area contributed by atoms with Crippen LogP contribution in [0.4, 0.5) is 5.82 Å². The van der Waals surface area contributed by atoms with Crippen molar-refractivity contribution in [1.82, 2.24) is 9.78 Å². The average Bonchev–Trinajstić information content (AvgIpc) is 2.66. The van der Waals surface area contributed by atoms with Crippen LogP contribution >= 0.6 is 12.2 Å². The number of aryl methyl sites for hydroxylation is 1. The van der Waals surface area contributed by atoms with Crippen molar-refractivity contribution in [3.63, 3.8) is 0 Å².